The summed E-state index contributed by atoms with van der Waals surface area (Å²) < 4.78 is 5.35. The van der Waals surface area contributed by atoms with E-state index < -0.39 is 0 Å². The molecule has 1 saturated carbocycles. The Bertz CT molecular complexity index is 419. The largest absolute Gasteiger partial charge is 0.464 e. The molecular formula is C14H25N5O2. The maximum atomic E-state index is 9.99. The lowest BCUT2D eigenvalue weighted by molar-refractivity contribution is 0.0762. The van der Waals surface area contributed by atoms with Crippen LogP contribution >= 0.6 is 0 Å². The molecule has 0 spiro atoms. The van der Waals surface area contributed by atoms with Crippen LogP contribution in [0, 0.1) is 5.92 Å². The second kappa shape index (κ2) is 7.97. The highest BCUT2D eigenvalue weighted by molar-refractivity contribution is 5.35. The standard InChI is InChI=1S/C14H25N5O2/c1-3-15-12-17-13(19-14(18-12)21-4-2)16-9-10-7-5-6-8-11(10)20/h10-11,20H,3-9H2,1-2H3,(H2,15,16,17,18,19). The first-order chi connectivity index (χ1) is 10.2. The van der Waals surface area contributed by atoms with Gasteiger partial charge in [-0.3, -0.25) is 0 Å². The molecule has 21 heavy (non-hydrogen) atoms. The Hall–Kier alpha value is -1.63. The molecule has 3 N–H and O–H groups in total. The Kier molecular flexibility index (Phi) is 5.98. The minimum Gasteiger partial charge on any atom is -0.464 e. The molecule has 2 atom stereocenters. The molecule has 1 aliphatic rings. The van der Waals surface area contributed by atoms with E-state index in [4.69, 9.17) is 4.74 Å². The average molecular weight is 295 g/mol. The fourth-order valence-corrected chi connectivity index (χ4v) is 2.51. The summed E-state index contributed by atoms with van der Waals surface area (Å²) >= 11 is 0. The van der Waals surface area contributed by atoms with E-state index in [1.54, 1.807) is 0 Å². The van der Waals surface area contributed by atoms with Gasteiger partial charge in [-0.05, 0) is 26.7 Å². The molecular weight excluding hydrogens is 270 g/mol. The number of aromatic nitrogens is 3. The zero-order chi connectivity index (χ0) is 15.1. The van der Waals surface area contributed by atoms with Crippen molar-refractivity contribution >= 4 is 11.9 Å². The highest BCUT2D eigenvalue weighted by Crippen LogP contribution is 2.24. The van der Waals surface area contributed by atoms with Gasteiger partial charge in [-0.2, -0.15) is 15.0 Å². The Morgan fingerprint density at radius 3 is 2.48 bits per heavy atom. The Balaban J connectivity index is 2.00. The lowest BCUT2D eigenvalue weighted by Gasteiger charge is -2.27. The maximum absolute atomic E-state index is 9.99. The summed E-state index contributed by atoms with van der Waals surface area (Å²) in [5.74, 6) is 1.25. The summed E-state index contributed by atoms with van der Waals surface area (Å²) in [6.07, 6.45) is 3.98. The number of ether oxygens (including phenoxy) is 1. The van der Waals surface area contributed by atoms with Crippen molar-refractivity contribution in [3.8, 4) is 6.01 Å². The van der Waals surface area contributed by atoms with Crippen molar-refractivity contribution in [2.75, 3.05) is 30.3 Å². The number of hydrogen-bond donors (Lipinski definition) is 3. The first-order valence-electron chi connectivity index (χ1n) is 7.77. The fraction of sp³-hybridized carbons (Fsp3) is 0.786. The molecule has 1 heterocycles. The molecule has 0 saturated heterocycles. The minimum atomic E-state index is -0.229. The van der Waals surface area contributed by atoms with Gasteiger partial charge in [0.1, 0.15) is 0 Å². The summed E-state index contributed by atoms with van der Waals surface area (Å²) in [7, 11) is 0. The van der Waals surface area contributed by atoms with E-state index in [-0.39, 0.29) is 12.0 Å². The molecule has 1 aromatic heterocycles. The number of aliphatic hydroxyl groups excluding tert-OH is 1. The van der Waals surface area contributed by atoms with Gasteiger partial charge in [0.25, 0.3) is 0 Å². The number of nitrogens with one attached hydrogen (secondary N) is 2. The number of rotatable bonds is 7. The molecule has 0 aliphatic heterocycles. The van der Waals surface area contributed by atoms with Gasteiger partial charge < -0.3 is 20.5 Å². The van der Waals surface area contributed by atoms with Crippen molar-refractivity contribution < 1.29 is 9.84 Å². The van der Waals surface area contributed by atoms with Crippen LogP contribution in [0.3, 0.4) is 0 Å². The topological polar surface area (TPSA) is 92.2 Å². The third kappa shape index (κ3) is 4.70. The Morgan fingerprint density at radius 2 is 1.81 bits per heavy atom. The van der Waals surface area contributed by atoms with Crippen molar-refractivity contribution in [2.45, 2.75) is 45.6 Å². The number of hydrogen-bond acceptors (Lipinski definition) is 7. The second-order valence-corrected chi connectivity index (χ2v) is 5.22. The first-order valence-corrected chi connectivity index (χ1v) is 7.77. The molecule has 0 aromatic carbocycles. The van der Waals surface area contributed by atoms with Crippen LogP contribution in [0.15, 0.2) is 0 Å². The third-order valence-corrected chi connectivity index (χ3v) is 3.61. The summed E-state index contributed by atoms with van der Waals surface area (Å²) in [4.78, 5) is 12.7. The number of anilines is 2. The SMILES string of the molecule is CCNc1nc(NCC2CCCCC2O)nc(OCC)n1. The minimum absolute atomic E-state index is 0.229. The zero-order valence-corrected chi connectivity index (χ0v) is 12.8. The monoisotopic (exact) mass is 295 g/mol. The molecule has 1 fully saturated rings. The molecule has 2 rings (SSSR count). The van der Waals surface area contributed by atoms with Crippen LogP contribution in [0.1, 0.15) is 39.5 Å². The van der Waals surface area contributed by atoms with Gasteiger partial charge in [-0.15, -0.1) is 0 Å². The van der Waals surface area contributed by atoms with Crippen molar-refractivity contribution in [3.05, 3.63) is 0 Å². The van der Waals surface area contributed by atoms with Crippen molar-refractivity contribution in [3.63, 3.8) is 0 Å². The van der Waals surface area contributed by atoms with E-state index in [2.05, 4.69) is 25.6 Å². The lowest BCUT2D eigenvalue weighted by Crippen LogP contribution is -2.30. The van der Waals surface area contributed by atoms with Gasteiger partial charge >= 0.3 is 6.01 Å². The molecule has 0 bridgehead atoms. The van der Waals surface area contributed by atoms with E-state index in [0.29, 0.717) is 31.1 Å². The van der Waals surface area contributed by atoms with Crippen molar-refractivity contribution in [1.82, 2.24) is 15.0 Å². The fourth-order valence-electron chi connectivity index (χ4n) is 2.51. The van der Waals surface area contributed by atoms with Gasteiger partial charge in [0, 0.05) is 19.0 Å². The number of aliphatic hydroxyl groups is 1. The normalized spacial score (nSPS) is 21.9. The van der Waals surface area contributed by atoms with Gasteiger partial charge in [0.15, 0.2) is 0 Å². The van der Waals surface area contributed by atoms with Crippen LogP contribution in [0.5, 0.6) is 6.01 Å². The van der Waals surface area contributed by atoms with Crippen LogP contribution in [0.25, 0.3) is 0 Å². The summed E-state index contributed by atoms with van der Waals surface area (Å²) in [5.41, 5.74) is 0. The van der Waals surface area contributed by atoms with Gasteiger partial charge in [0.05, 0.1) is 12.7 Å². The molecule has 7 nitrogen and oxygen atoms in total. The number of nitrogens with zero attached hydrogens (tertiary/aromatic N) is 3. The zero-order valence-electron chi connectivity index (χ0n) is 12.8. The summed E-state index contributed by atoms with van der Waals surface area (Å²) in [6.45, 7) is 5.78. The van der Waals surface area contributed by atoms with Crippen molar-refractivity contribution in [1.29, 1.82) is 0 Å². The Labute approximate surface area is 125 Å². The smallest absolute Gasteiger partial charge is 0.323 e. The van der Waals surface area contributed by atoms with Gasteiger partial charge in [-0.25, -0.2) is 0 Å². The molecule has 118 valence electrons. The average Bonchev–Trinajstić information content (AvgIpc) is 2.47. The highest BCUT2D eigenvalue weighted by Gasteiger charge is 2.23. The van der Waals surface area contributed by atoms with E-state index in [1.165, 1.54) is 6.42 Å². The van der Waals surface area contributed by atoms with Gasteiger partial charge in [0.2, 0.25) is 11.9 Å². The molecule has 7 heteroatoms. The first kappa shape index (κ1) is 15.8. The van der Waals surface area contributed by atoms with Crippen LogP contribution in [-0.2, 0) is 0 Å². The van der Waals surface area contributed by atoms with E-state index in [9.17, 15) is 5.11 Å². The molecule has 0 amide bonds. The molecule has 0 radical (unpaired) electrons. The van der Waals surface area contributed by atoms with E-state index >= 15 is 0 Å². The van der Waals surface area contributed by atoms with Crippen LogP contribution < -0.4 is 15.4 Å². The van der Waals surface area contributed by atoms with E-state index in [1.807, 2.05) is 13.8 Å². The molecule has 1 aromatic rings. The van der Waals surface area contributed by atoms with Crippen LogP contribution in [0.2, 0.25) is 0 Å². The Morgan fingerprint density at radius 1 is 1.10 bits per heavy atom. The van der Waals surface area contributed by atoms with Crippen LogP contribution in [-0.4, -0.2) is 45.9 Å². The van der Waals surface area contributed by atoms with Gasteiger partial charge in [-0.1, -0.05) is 12.8 Å². The molecule has 1 aliphatic carbocycles. The summed E-state index contributed by atoms with van der Waals surface area (Å²) in [5, 5.41) is 16.3. The van der Waals surface area contributed by atoms with Crippen LogP contribution in [0.4, 0.5) is 11.9 Å². The predicted molar refractivity (Wildman–Crippen MR) is 81.6 cm³/mol. The second-order valence-electron chi connectivity index (χ2n) is 5.22. The third-order valence-electron chi connectivity index (χ3n) is 3.61. The van der Waals surface area contributed by atoms with Crippen molar-refractivity contribution in [2.24, 2.45) is 5.92 Å². The lowest BCUT2D eigenvalue weighted by atomic mass is 9.86. The quantitative estimate of drug-likeness (QED) is 0.704. The summed E-state index contributed by atoms with van der Waals surface area (Å²) in [6, 6.07) is 0.315. The van der Waals surface area contributed by atoms with E-state index in [0.717, 1.165) is 25.8 Å². The highest BCUT2D eigenvalue weighted by atomic mass is 16.5. The predicted octanol–water partition coefficient (Wildman–Crippen LogP) is 1.67. The maximum Gasteiger partial charge on any atom is 0.323 e. The molecule has 2 unspecified atom stereocenters.